The first-order valence-electron chi connectivity index (χ1n) is 18.2. The van der Waals surface area contributed by atoms with Crippen LogP contribution in [0.5, 0.6) is 0 Å². The predicted molar refractivity (Wildman–Crippen MR) is 224 cm³/mol. The van der Waals surface area contributed by atoms with Crippen molar-refractivity contribution >= 4 is 32.7 Å². The molecule has 1 nitrogen and oxygen atoms in total. The molecule has 0 amide bonds. The average Bonchev–Trinajstić information content (AvgIpc) is 3.63. The molecule has 0 saturated carbocycles. The van der Waals surface area contributed by atoms with Gasteiger partial charge in [0.25, 0.3) is 0 Å². The van der Waals surface area contributed by atoms with Crippen LogP contribution in [0.4, 0.5) is 0 Å². The van der Waals surface area contributed by atoms with Crippen LogP contribution >= 0.6 is 0 Å². The monoisotopic (exact) mass is 674 g/mol. The van der Waals surface area contributed by atoms with E-state index in [0.717, 1.165) is 44.2 Å². The van der Waals surface area contributed by atoms with Crippen LogP contribution in [0.2, 0.25) is 0 Å². The van der Waals surface area contributed by atoms with Crippen molar-refractivity contribution in [1.29, 1.82) is 0 Å². The first kappa shape index (κ1) is 30.8. The molecule has 0 saturated heterocycles. The molecule has 0 N–H and O–H groups in total. The van der Waals surface area contributed by atoms with Crippen LogP contribution in [0.25, 0.3) is 99.5 Å². The summed E-state index contributed by atoms with van der Waals surface area (Å²) in [5.41, 5.74) is 16.0. The lowest BCUT2D eigenvalue weighted by Gasteiger charge is -2.10. The van der Waals surface area contributed by atoms with Crippen molar-refractivity contribution in [3.63, 3.8) is 0 Å². The SMILES string of the molecule is c1ccc(-c2cccc(-c3ccc(-c4cccc5c4oc4c(-c6ccc(-c7cccc(-c8cccc9ccccc89)c7)cc6)cccc45)cc3)c2)cc1. The molecule has 1 heterocycles. The third-order valence-corrected chi connectivity index (χ3v) is 10.5. The molecule has 10 rings (SSSR count). The van der Waals surface area contributed by atoms with E-state index in [1.54, 1.807) is 0 Å². The zero-order chi connectivity index (χ0) is 35.1. The maximum atomic E-state index is 6.82. The zero-order valence-electron chi connectivity index (χ0n) is 29.0. The fourth-order valence-corrected chi connectivity index (χ4v) is 7.81. The van der Waals surface area contributed by atoms with Crippen molar-refractivity contribution in [3.05, 3.63) is 206 Å². The minimum absolute atomic E-state index is 0.912. The van der Waals surface area contributed by atoms with Crippen LogP contribution < -0.4 is 0 Å². The third-order valence-electron chi connectivity index (χ3n) is 10.5. The van der Waals surface area contributed by atoms with Gasteiger partial charge in [0, 0.05) is 21.9 Å². The van der Waals surface area contributed by atoms with E-state index in [9.17, 15) is 0 Å². The Morgan fingerprint density at radius 1 is 0.226 bits per heavy atom. The Kier molecular flexibility index (Phi) is 7.55. The van der Waals surface area contributed by atoms with Crippen LogP contribution in [-0.2, 0) is 0 Å². The van der Waals surface area contributed by atoms with Gasteiger partial charge in [-0.15, -0.1) is 0 Å². The fourth-order valence-electron chi connectivity index (χ4n) is 7.81. The van der Waals surface area contributed by atoms with Gasteiger partial charge in [0.2, 0.25) is 0 Å². The van der Waals surface area contributed by atoms with E-state index < -0.39 is 0 Å². The molecule has 53 heavy (non-hydrogen) atoms. The molecule has 0 radical (unpaired) electrons. The summed E-state index contributed by atoms with van der Waals surface area (Å²) in [6, 6.07) is 73.9. The molecule has 1 aromatic heterocycles. The molecule has 0 aliphatic heterocycles. The molecular formula is C52H34O. The highest BCUT2D eigenvalue weighted by Gasteiger charge is 2.16. The summed E-state index contributed by atoms with van der Waals surface area (Å²) >= 11 is 0. The van der Waals surface area contributed by atoms with Crippen LogP contribution in [-0.4, -0.2) is 0 Å². The van der Waals surface area contributed by atoms with Gasteiger partial charge in [-0.2, -0.15) is 0 Å². The summed E-state index contributed by atoms with van der Waals surface area (Å²) in [6.07, 6.45) is 0. The highest BCUT2D eigenvalue weighted by atomic mass is 16.3. The molecule has 10 aromatic rings. The molecule has 0 unspecified atom stereocenters. The molecule has 9 aromatic carbocycles. The second kappa shape index (κ2) is 13.0. The highest BCUT2D eigenvalue weighted by molar-refractivity contribution is 6.13. The lowest BCUT2D eigenvalue weighted by atomic mass is 9.94. The molecule has 0 fully saturated rings. The summed E-state index contributed by atoms with van der Waals surface area (Å²) in [4.78, 5) is 0. The Bertz CT molecular complexity index is 2910. The molecule has 0 aliphatic rings. The lowest BCUT2D eigenvalue weighted by Crippen LogP contribution is -1.84. The van der Waals surface area contributed by atoms with E-state index in [-0.39, 0.29) is 0 Å². The zero-order valence-corrected chi connectivity index (χ0v) is 29.0. The molecule has 0 aliphatic carbocycles. The third kappa shape index (κ3) is 5.60. The van der Waals surface area contributed by atoms with Gasteiger partial charge >= 0.3 is 0 Å². The first-order chi connectivity index (χ1) is 26.3. The van der Waals surface area contributed by atoms with Gasteiger partial charge in [-0.1, -0.05) is 194 Å². The van der Waals surface area contributed by atoms with Gasteiger partial charge in [0.05, 0.1) is 0 Å². The van der Waals surface area contributed by atoms with E-state index >= 15 is 0 Å². The van der Waals surface area contributed by atoms with Crippen molar-refractivity contribution in [1.82, 2.24) is 0 Å². The molecule has 1 heteroatoms. The number of hydrogen-bond acceptors (Lipinski definition) is 1. The number of hydrogen-bond donors (Lipinski definition) is 0. The van der Waals surface area contributed by atoms with Crippen LogP contribution in [0.15, 0.2) is 211 Å². The number of furan rings is 1. The molecule has 0 bridgehead atoms. The van der Waals surface area contributed by atoms with E-state index in [4.69, 9.17) is 4.42 Å². The van der Waals surface area contributed by atoms with Gasteiger partial charge in [0.1, 0.15) is 11.2 Å². The van der Waals surface area contributed by atoms with Crippen molar-refractivity contribution in [2.75, 3.05) is 0 Å². The van der Waals surface area contributed by atoms with Crippen LogP contribution in [0, 0.1) is 0 Å². The maximum absolute atomic E-state index is 6.82. The number of benzene rings is 9. The Morgan fingerprint density at radius 2 is 0.604 bits per heavy atom. The Balaban J connectivity index is 0.973. The smallest absolute Gasteiger partial charge is 0.143 e. The molecule has 0 spiro atoms. The summed E-state index contributed by atoms with van der Waals surface area (Å²) in [7, 11) is 0. The molecular weight excluding hydrogens is 641 g/mol. The highest BCUT2D eigenvalue weighted by Crippen LogP contribution is 2.41. The summed E-state index contributed by atoms with van der Waals surface area (Å²) in [6.45, 7) is 0. The topological polar surface area (TPSA) is 13.1 Å². The minimum atomic E-state index is 0.912. The molecule has 248 valence electrons. The van der Waals surface area contributed by atoms with Crippen molar-refractivity contribution in [2.45, 2.75) is 0 Å². The first-order valence-corrected chi connectivity index (χ1v) is 18.2. The van der Waals surface area contributed by atoms with Gasteiger partial charge in [-0.3, -0.25) is 0 Å². The summed E-state index contributed by atoms with van der Waals surface area (Å²) < 4.78 is 6.82. The Morgan fingerprint density at radius 3 is 1.21 bits per heavy atom. The average molecular weight is 675 g/mol. The summed E-state index contributed by atoms with van der Waals surface area (Å²) in [5.74, 6) is 0. The van der Waals surface area contributed by atoms with Gasteiger partial charge in [-0.05, 0) is 78.5 Å². The Labute approximate surface area is 309 Å². The predicted octanol–water partition coefficient (Wildman–Crippen LogP) is 14.7. The quantitative estimate of drug-likeness (QED) is 0.171. The van der Waals surface area contributed by atoms with E-state index in [2.05, 4.69) is 206 Å². The summed E-state index contributed by atoms with van der Waals surface area (Å²) in [5, 5.41) is 4.78. The number of rotatable bonds is 6. The largest absolute Gasteiger partial charge is 0.455 e. The second-order valence-corrected chi connectivity index (χ2v) is 13.7. The van der Waals surface area contributed by atoms with Crippen LogP contribution in [0.3, 0.4) is 0 Å². The maximum Gasteiger partial charge on any atom is 0.143 e. The minimum Gasteiger partial charge on any atom is -0.455 e. The Hall–Kier alpha value is -6.96. The van der Waals surface area contributed by atoms with Crippen molar-refractivity contribution < 1.29 is 4.42 Å². The van der Waals surface area contributed by atoms with E-state index in [1.165, 1.54) is 55.3 Å². The fraction of sp³-hybridized carbons (Fsp3) is 0. The second-order valence-electron chi connectivity index (χ2n) is 13.7. The number of para-hydroxylation sites is 2. The van der Waals surface area contributed by atoms with Gasteiger partial charge in [0.15, 0.2) is 0 Å². The standard InChI is InChI=1S/C52H34O/c1-2-11-35(12-3-1)41-15-6-16-42(33-41)36-25-29-39(30-26-36)47-21-9-23-49-50-24-10-22-48(52(50)53-51(47)49)40-31-27-37(28-32-40)43-17-7-18-44(34-43)46-20-8-14-38-13-4-5-19-45(38)46/h1-34H. The van der Waals surface area contributed by atoms with Crippen LogP contribution in [0.1, 0.15) is 0 Å². The number of fused-ring (bicyclic) bond motifs is 4. The van der Waals surface area contributed by atoms with Crippen molar-refractivity contribution in [3.8, 4) is 66.8 Å². The van der Waals surface area contributed by atoms with E-state index in [0.29, 0.717) is 0 Å². The van der Waals surface area contributed by atoms with Gasteiger partial charge in [-0.25, -0.2) is 0 Å². The van der Waals surface area contributed by atoms with Gasteiger partial charge < -0.3 is 4.42 Å². The van der Waals surface area contributed by atoms with E-state index in [1.807, 2.05) is 0 Å². The lowest BCUT2D eigenvalue weighted by molar-refractivity contribution is 0.671. The molecule has 0 atom stereocenters. The van der Waals surface area contributed by atoms with Crippen molar-refractivity contribution in [2.24, 2.45) is 0 Å². The normalized spacial score (nSPS) is 11.4.